The van der Waals surface area contributed by atoms with Gasteiger partial charge in [-0.15, -0.1) is 0 Å². The molecule has 0 unspecified atom stereocenters. The van der Waals surface area contributed by atoms with Crippen molar-refractivity contribution < 1.29 is 13.2 Å². The normalized spacial score (nSPS) is 15.4. The number of ketones is 1. The number of rotatable bonds is 3. The Hall–Kier alpha value is -2.31. The standard InChI is InChI=1S/C15H12N2O3S/c16-8-11-7-13-12(4-1-5-14(13)21(11,19)20)15(18)10-3-2-6-17-9-10/h1-7,9H,8,16H2. The average Bonchev–Trinajstić information content (AvgIpc) is 2.78. The van der Waals surface area contributed by atoms with E-state index in [4.69, 9.17) is 5.73 Å². The predicted octanol–water partition coefficient (Wildman–Crippen LogP) is 1.40. The lowest BCUT2D eigenvalue weighted by molar-refractivity contribution is 0.103. The summed E-state index contributed by atoms with van der Waals surface area (Å²) in [6.07, 6.45) is 4.51. The number of nitrogens with two attached hydrogens (primary N) is 1. The van der Waals surface area contributed by atoms with Crippen molar-refractivity contribution in [1.82, 2.24) is 4.98 Å². The Morgan fingerprint density at radius 2 is 2.00 bits per heavy atom. The zero-order valence-electron chi connectivity index (χ0n) is 11.0. The van der Waals surface area contributed by atoms with Crippen molar-refractivity contribution in [3.63, 3.8) is 0 Å². The monoisotopic (exact) mass is 300 g/mol. The molecule has 0 fully saturated rings. The van der Waals surface area contributed by atoms with Crippen LogP contribution in [0.25, 0.3) is 6.08 Å². The molecule has 0 radical (unpaired) electrons. The zero-order chi connectivity index (χ0) is 15.0. The summed E-state index contributed by atoms with van der Waals surface area (Å²) in [5.41, 5.74) is 6.65. The molecule has 3 rings (SSSR count). The van der Waals surface area contributed by atoms with Crippen LogP contribution in [0.1, 0.15) is 21.5 Å². The number of benzene rings is 1. The van der Waals surface area contributed by atoms with Crippen LogP contribution >= 0.6 is 0 Å². The number of fused-ring (bicyclic) bond motifs is 1. The van der Waals surface area contributed by atoms with Gasteiger partial charge < -0.3 is 5.73 Å². The number of pyridine rings is 1. The van der Waals surface area contributed by atoms with E-state index in [1.165, 1.54) is 18.3 Å². The van der Waals surface area contributed by atoms with Gasteiger partial charge in [-0.2, -0.15) is 0 Å². The second-order valence-electron chi connectivity index (χ2n) is 4.61. The van der Waals surface area contributed by atoms with Crippen LogP contribution in [0.15, 0.2) is 52.5 Å². The van der Waals surface area contributed by atoms with E-state index in [2.05, 4.69) is 4.98 Å². The van der Waals surface area contributed by atoms with Crippen LogP contribution in [0.4, 0.5) is 0 Å². The zero-order valence-corrected chi connectivity index (χ0v) is 11.8. The molecule has 1 aliphatic rings. The molecule has 106 valence electrons. The first kappa shape index (κ1) is 13.7. The quantitative estimate of drug-likeness (QED) is 0.865. The summed E-state index contributed by atoms with van der Waals surface area (Å²) in [7, 11) is -3.57. The molecule has 1 aliphatic heterocycles. The highest BCUT2D eigenvalue weighted by Crippen LogP contribution is 2.34. The largest absolute Gasteiger partial charge is 0.326 e. The van der Waals surface area contributed by atoms with Gasteiger partial charge in [0, 0.05) is 35.6 Å². The van der Waals surface area contributed by atoms with Crippen LogP contribution in [0.3, 0.4) is 0 Å². The van der Waals surface area contributed by atoms with Crippen molar-refractivity contribution in [1.29, 1.82) is 0 Å². The van der Waals surface area contributed by atoms with Crippen molar-refractivity contribution in [3.8, 4) is 0 Å². The van der Waals surface area contributed by atoms with Crippen LogP contribution in [0.2, 0.25) is 0 Å². The number of carbonyl (C=O) groups excluding carboxylic acids is 1. The van der Waals surface area contributed by atoms with Crippen LogP contribution in [0.5, 0.6) is 0 Å². The van der Waals surface area contributed by atoms with Crippen LogP contribution < -0.4 is 5.73 Å². The molecule has 0 bridgehead atoms. The molecule has 0 spiro atoms. The third kappa shape index (κ3) is 2.09. The van der Waals surface area contributed by atoms with Gasteiger partial charge in [-0.1, -0.05) is 12.1 Å². The summed E-state index contributed by atoms with van der Waals surface area (Å²) in [5, 5.41) is 0. The second kappa shape index (κ2) is 4.91. The van der Waals surface area contributed by atoms with Gasteiger partial charge in [0.1, 0.15) is 0 Å². The van der Waals surface area contributed by atoms with Crippen molar-refractivity contribution >= 4 is 21.7 Å². The van der Waals surface area contributed by atoms with Crippen molar-refractivity contribution in [2.24, 2.45) is 5.73 Å². The fourth-order valence-electron chi connectivity index (χ4n) is 2.33. The van der Waals surface area contributed by atoms with E-state index in [0.717, 1.165) is 0 Å². The summed E-state index contributed by atoms with van der Waals surface area (Å²) >= 11 is 0. The average molecular weight is 300 g/mol. The van der Waals surface area contributed by atoms with E-state index in [1.807, 2.05) is 0 Å². The molecule has 2 N–H and O–H groups in total. The van der Waals surface area contributed by atoms with E-state index in [-0.39, 0.29) is 22.1 Å². The van der Waals surface area contributed by atoms with E-state index in [9.17, 15) is 13.2 Å². The molecule has 0 amide bonds. The van der Waals surface area contributed by atoms with E-state index >= 15 is 0 Å². The first-order valence-electron chi connectivity index (χ1n) is 6.29. The Kier molecular flexibility index (Phi) is 3.19. The molecule has 0 atom stereocenters. The van der Waals surface area contributed by atoms with Gasteiger partial charge in [0.2, 0.25) is 9.84 Å². The molecule has 6 heteroatoms. The Morgan fingerprint density at radius 3 is 2.67 bits per heavy atom. The van der Waals surface area contributed by atoms with Gasteiger partial charge in [-0.25, -0.2) is 8.42 Å². The maximum atomic E-state index is 12.5. The third-order valence-corrected chi connectivity index (χ3v) is 5.29. The van der Waals surface area contributed by atoms with Crippen LogP contribution in [-0.4, -0.2) is 25.7 Å². The SMILES string of the molecule is NCC1=Cc2c(C(=O)c3cccnc3)cccc2S1(=O)=O. The lowest BCUT2D eigenvalue weighted by Crippen LogP contribution is -2.10. The minimum Gasteiger partial charge on any atom is -0.326 e. The Morgan fingerprint density at radius 1 is 1.19 bits per heavy atom. The van der Waals surface area contributed by atoms with Crippen LogP contribution in [-0.2, 0) is 9.84 Å². The smallest absolute Gasteiger partial charge is 0.204 e. The lowest BCUT2D eigenvalue weighted by atomic mass is 9.99. The summed E-state index contributed by atoms with van der Waals surface area (Å²) < 4.78 is 24.5. The highest BCUT2D eigenvalue weighted by atomic mass is 32.2. The summed E-state index contributed by atoms with van der Waals surface area (Å²) in [6.45, 7) is -0.0858. The van der Waals surface area contributed by atoms with E-state index in [1.54, 1.807) is 30.5 Å². The maximum absolute atomic E-state index is 12.5. The van der Waals surface area contributed by atoms with Crippen molar-refractivity contribution in [3.05, 3.63) is 64.3 Å². The second-order valence-corrected chi connectivity index (χ2v) is 6.58. The van der Waals surface area contributed by atoms with Gasteiger partial charge in [-0.05, 0) is 24.3 Å². The molecule has 21 heavy (non-hydrogen) atoms. The van der Waals surface area contributed by atoms with Gasteiger partial charge in [-0.3, -0.25) is 9.78 Å². The molecule has 2 heterocycles. The minimum absolute atomic E-state index is 0.0858. The molecule has 0 saturated heterocycles. The predicted molar refractivity (Wildman–Crippen MR) is 78.3 cm³/mol. The van der Waals surface area contributed by atoms with Gasteiger partial charge >= 0.3 is 0 Å². The summed E-state index contributed by atoms with van der Waals surface area (Å²) in [6, 6.07) is 7.97. The highest BCUT2D eigenvalue weighted by Gasteiger charge is 2.31. The van der Waals surface area contributed by atoms with Crippen molar-refractivity contribution in [2.45, 2.75) is 4.90 Å². The number of hydrogen-bond donors (Lipinski definition) is 1. The van der Waals surface area contributed by atoms with Gasteiger partial charge in [0.05, 0.1) is 9.80 Å². The number of hydrogen-bond acceptors (Lipinski definition) is 5. The first-order valence-corrected chi connectivity index (χ1v) is 7.77. The van der Waals surface area contributed by atoms with Crippen LogP contribution in [0, 0.1) is 0 Å². The topological polar surface area (TPSA) is 90.1 Å². The molecule has 0 saturated carbocycles. The Bertz CT molecular complexity index is 856. The minimum atomic E-state index is -3.57. The number of sulfone groups is 1. The fraction of sp³-hybridized carbons (Fsp3) is 0.0667. The molecule has 0 aliphatic carbocycles. The molecule has 5 nitrogen and oxygen atoms in total. The highest BCUT2D eigenvalue weighted by molar-refractivity contribution is 7.95. The lowest BCUT2D eigenvalue weighted by Gasteiger charge is -2.06. The number of carbonyl (C=O) groups is 1. The van der Waals surface area contributed by atoms with Gasteiger partial charge in [0.25, 0.3) is 0 Å². The third-order valence-electron chi connectivity index (χ3n) is 3.38. The molecule has 1 aromatic carbocycles. The first-order chi connectivity index (χ1) is 10.1. The number of aromatic nitrogens is 1. The maximum Gasteiger partial charge on any atom is 0.204 e. The van der Waals surface area contributed by atoms with Gasteiger partial charge in [0.15, 0.2) is 5.78 Å². The Balaban J connectivity index is 2.19. The number of nitrogens with zero attached hydrogens (tertiary/aromatic N) is 1. The van der Waals surface area contributed by atoms with E-state index in [0.29, 0.717) is 16.7 Å². The summed E-state index contributed by atoms with van der Waals surface area (Å²) in [5.74, 6) is -0.260. The van der Waals surface area contributed by atoms with Crippen molar-refractivity contribution in [2.75, 3.05) is 6.54 Å². The molecular weight excluding hydrogens is 288 g/mol. The fourth-order valence-corrected chi connectivity index (χ4v) is 3.82. The Labute approximate surface area is 122 Å². The molecular formula is C15H12N2O3S. The van der Waals surface area contributed by atoms with E-state index < -0.39 is 9.84 Å². The summed E-state index contributed by atoms with van der Waals surface area (Å²) in [4.78, 5) is 16.7. The molecule has 1 aromatic heterocycles. The molecule has 2 aromatic rings.